The molecule has 1 aromatic carbocycles. The number of halogens is 1. The zero-order valence-corrected chi connectivity index (χ0v) is 7.72. The highest BCUT2D eigenvalue weighted by molar-refractivity contribution is 5.49. The lowest BCUT2D eigenvalue weighted by Gasteiger charge is -2.03. The van der Waals surface area contributed by atoms with E-state index >= 15 is 0 Å². The quantitative estimate of drug-likeness (QED) is 0.514. The summed E-state index contributed by atoms with van der Waals surface area (Å²) >= 11 is 0. The molecule has 1 rings (SSSR count). The fourth-order valence-corrected chi connectivity index (χ4v) is 1.28. The van der Waals surface area contributed by atoms with Crippen LogP contribution in [0.2, 0.25) is 0 Å². The normalized spacial score (nSPS) is 10.0. The summed E-state index contributed by atoms with van der Waals surface area (Å²) in [6.45, 7) is 1.75. The van der Waals surface area contributed by atoms with Crippen LogP contribution in [-0.2, 0) is 11.2 Å². The summed E-state index contributed by atoms with van der Waals surface area (Å²) in [5.74, 6) is -0.131. The molecule has 0 amide bonds. The Morgan fingerprint density at radius 2 is 2.23 bits per heavy atom. The van der Waals surface area contributed by atoms with Gasteiger partial charge in [0.15, 0.2) is 0 Å². The van der Waals surface area contributed by atoms with Crippen LogP contribution in [0.1, 0.15) is 24.0 Å². The van der Waals surface area contributed by atoms with Crippen molar-refractivity contribution in [2.75, 3.05) is 0 Å². The maximum atomic E-state index is 13.3. The molecular weight excluding hydrogens is 167 g/mol. The van der Waals surface area contributed by atoms with Crippen molar-refractivity contribution in [1.82, 2.24) is 0 Å². The monoisotopic (exact) mass is 180 g/mol. The van der Waals surface area contributed by atoms with Crippen molar-refractivity contribution in [3.05, 3.63) is 35.1 Å². The van der Waals surface area contributed by atoms with Crippen LogP contribution in [0.5, 0.6) is 0 Å². The third-order valence-electron chi connectivity index (χ3n) is 2.04. The molecule has 0 bridgehead atoms. The van der Waals surface area contributed by atoms with Crippen molar-refractivity contribution in [2.45, 2.75) is 26.2 Å². The number of benzene rings is 1. The molecular formula is C11H13FO. The molecule has 0 radical (unpaired) electrons. The molecule has 0 unspecified atom stereocenters. The molecule has 70 valence electrons. The minimum Gasteiger partial charge on any atom is -0.303 e. The SMILES string of the molecule is Cc1cccc(CCCC=O)c1F. The Morgan fingerprint density at radius 3 is 2.92 bits per heavy atom. The van der Waals surface area contributed by atoms with Gasteiger partial charge >= 0.3 is 0 Å². The summed E-state index contributed by atoms with van der Waals surface area (Å²) in [5.41, 5.74) is 1.38. The first-order valence-corrected chi connectivity index (χ1v) is 4.43. The maximum Gasteiger partial charge on any atom is 0.129 e. The molecule has 0 aromatic heterocycles. The van der Waals surface area contributed by atoms with E-state index in [4.69, 9.17) is 0 Å². The van der Waals surface area contributed by atoms with Gasteiger partial charge in [-0.05, 0) is 30.9 Å². The Morgan fingerprint density at radius 1 is 1.46 bits per heavy atom. The van der Waals surface area contributed by atoms with Crippen LogP contribution in [0.15, 0.2) is 18.2 Å². The number of rotatable bonds is 4. The largest absolute Gasteiger partial charge is 0.303 e. The summed E-state index contributed by atoms with van der Waals surface area (Å²) in [6.07, 6.45) is 2.75. The summed E-state index contributed by atoms with van der Waals surface area (Å²) in [4.78, 5) is 10.1. The highest BCUT2D eigenvalue weighted by Crippen LogP contribution is 2.13. The summed E-state index contributed by atoms with van der Waals surface area (Å²) < 4.78 is 13.3. The third-order valence-corrected chi connectivity index (χ3v) is 2.04. The molecule has 0 spiro atoms. The Hall–Kier alpha value is -1.18. The van der Waals surface area contributed by atoms with Gasteiger partial charge in [0.1, 0.15) is 12.1 Å². The number of aryl methyl sites for hydroxylation is 2. The standard InChI is InChI=1S/C11H13FO/c1-9-5-4-7-10(11(9)12)6-2-3-8-13/h4-5,7-8H,2-3,6H2,1H3. The van der Waals surface area contributed by atoms with Crippen LogP contribution in [0.4, 0.5) is 4.39 Å². The molecule has 0 N–H and O–H groups in total. The predicted octanol–water partition coefficient (Wildman–Crippen LogP) is 2.66. The maximum absolute atomic E-state index is 13.3. The van der Waals surface area contributed by atoms with Crippen molar-refractivity contribution < 1.29 is 9.18 Å². The lowest BCUT2D eigenvalue weighted by molar-refractivity contribution is -0.107. The second-order valence-corrected chi connectivity index (χ2v) is 3.11. The van der Waals surface area contributed by atoms with Crippen molar-refractivity contribution >= 4 is 6.29 Å². The van der Waals surface area contributed by atoms with Crippen LogP contribution < -0.4 is 0 Å². The van der Waals surface area contributed by atoms with E-state index in [-0.39, 0.29) is 5.82 Å². The predicted molar refractivity (Wildman–Crippen MR) is 50.1 cm³/mol. The minimum absolute atomic E-state index is 0.131. The van der Waals surface area contributed by atoms with Gasteiger partial charge in [0.05, 0.1) is 0 Å². The Labute approximate surface area is 77.6 Å². The number of carbonyl (C=O) groups is 1. The van der Waals surface area contributed by atoms with Gasteiger partial charge in [-0.3, -0.25) is 0 Å². The van der Waals surface area contributed by atoms with Crippen LogP contribution in [0, 0.1) is 12.7 Å². The van der Waals surface area contributed by atoms with E-state index in [0.717, 1.165) is 12.7 Å². The van der Waals surface area contributed by atoms with Crippen LogP contribution in [0.3, 0.4) is 0 Å². The summed E-state index contributed by atoms with van der Waals surface area (Å²) in [7, 11) is 0. The second kappa shape index (κ2) is 4.75. The van der Waals surface area contributed by atoms with E-state index in [1.165, 1.54) is 0 Å². The molecule has 0 aliphatic carbocycles. The van der Waals surface area contributed by atoms with E-state index in [1.807, 2.05) is 6.07 Å². The number of aldehydes is 1. The molecule has 0 fully saturated rings. The fraction of sp³-hybridized carbons (Fsp3) is 0.364. The molecule has 0 aliphatic heterocycles. The van der Waals surface area contributed by atoms with Gasteiger partial charge < -0.3 is 4.79 Å². The first kappa shape index (κ1) is 9.90. The van der Waals surface area contributed by atoms with Gasteiger partial charge in [-0.15, -0.1) is 0 Å². The molecule has 13 heavy (non-hydrogen) atoms. The molecule has 0 heterocycles. The van der Waals surface area contributed by atoms with Crippen molar-refractivity contribution in [2.24, 2.45) is 0 Å². The highest BCUT2D eigenvalue weighted by Gasteiger charge is 2.03. The van der Waals surface area contributed by atoms with Gasteiger partial charge in [0, 0.05) is 6.42 Å². The molecule has 1 nitrogen and oxygen atoms in total. The minimum atomic E-state index is -0.131. The Balaban J connectivity index is 2.65. The average Bonchev–Trinajstić information content (AvgIpc) is 2.13. The number of unbranched alkanes of at least 4 members (excludes halogenated alkanes) is 1. The van der Waals surface area contributed by atoms with Gasteiger partial charge in [-0.2, -0.15) is 0 Å². The number of hydrogen-bond donors (Lipinski definition) is 0. The Kier molecular flexibility index (Phi) is 3.62. The van der Waals surface area contributed by atoms with E-state index in [0.29, 0.717) is 24.0 Å². The van der Waals surface area contributed by atoms with Gasteiger partial charge in [-0.1, -0.05) is 18.2 Å². The van der Waals surface area contributed by atoms with Crippen molar-refractivity contribution in [3.63, 3.8) is 0 Å². The molecule has 0 atom stereocenters. The lowest BCUT2D eigenvalue weighted by Crippen LogP contribution is -1.93. The molecule has 0 saturated heterocycles. The molecule has 1 aromatic rings. The van der Waals surface area contributed by atoms with E-state index in [2.05, 4.69) is 0 Å². The van der Waals surface area contributed by atoms with E-state index in [1.54, 1.807) is 19.1 Å². The average molecular weight is 180 g/mol. The van der Waals surface area contributed by atoms with Crippen molar-refractivity contribution in [3.8, 4) is 0 Å². The number of hydrogen-bond acceptors (Lipinski definition) is 1. The molecule has 0 saturated carbocycles. The summed E-state index contributed by atoms with van der Waals surface area (Å²) in [6, 6.07) is 5.36. The third kappa shape index (κ3) is 2.65. The van der Waals surface area contributed by atoms with Gasteiger partial charge in [0.2, 0.25) is 0 Å². The van der Waals surface area contributed by atoms with Crippen molar-refractivity contribution in [1.29, 1.82) is 0 Å². The lowest BCUT2D eigenvalue weighted by atomic mass is 10.1. The van der Waals surface area contributed by atoms with Crippen LogP contribution in [0.25, 0.3) is 0 Å². The topological polar surface area (TPSA) is 17.1 Å². The zero-order valence-electron chi connectivity index (χ0n) is 7.72. The van der Waals surface area contributed by atoms with E-state index in [9.17, 15) is 9.18 Å². The highest BCUT2D eigenvalue weighted by atomic mass is 19.1. The zero-order chi connectivity index (χ0) is 9.68. The van der Waals surface area contributed by atoms with E-state index < -0.39 is 0 Å². The first-order valence-electron chi connectivity index (χ1n) is 4.43. The number of carbonyl (C=O) groups excluding carboxylic acids is 1. The second-order valence-electron chi connectivity index (χ2n) is 3.11. The Bertz CT molecular complexity index is 294. The molecule has 2 heteroatoms. The molecule has 0 aliphatic rings. The fourth-order valence-electron chi connectivity index (χ4n) is 1.28. The van der Waals surface area contributed by atoms with Gasteiger partial charge in [0.25, 0.3) is 0 Å². The van der Waals surface area contributed by atoms with Gasteiger partial charge in [-0.25, -0.2) is 4.39 Å². The van der Waals surface area contributed by atoms with Crippen LogP contribution in [-0.4, -0.2) is 6.29 Å². The van der Waals surface area contributed by atoms with Crippen LogP contribution >= 0.6 is 0 Å². The summed E-state index contributed by atoms with van der Waals surface area (Å²) in [5, 5.41) is 0. The smallest absolute Gasteiger partial charge is 0.129 e. The first-order chi connectivity index (χ1) is 6.25.